The number of carboxylic acids is 1. The Labute approximate surface area is 133 Å². The maximum Gasteiger partial charge on any atom is 0.320 e. The summed E-state index contributed by atoms with van der Waals surface area (Å²) >= 11 is 12.1. The third-order valence-corrected chi connectivity index (χ3v) is 4.31. The third-order valence-electron chi connectivity index (χ3n) is 3.68. The fraction of sp³-hybridized carbons (Fsp3) is 0.429. The van der Waals surface area contributed by atoms with Crippen molar-refractivity contribution in [3.05, 3.63) is 33.8 Å². The average Bonchev–Trinajstić information content (AvgIpc) is 2.46. The Hall–Kier alpha value is -1.30. The number of carbonyl (C=O) groups excluding carboxylic acids is 1. The molecule has 1 unspecified atom stereocenters. The Bertz CT molecular complexity index is 537. The highest BCUT2D eigenvalue weighted by Crippen LogP contribution is 2.26. The summed E-state index contributed by atoms with van der Waals surface area (Å²) in [7, 11) is 0. The average molecular weight is 331 g/mol. The van der Waals surface area contributed by atoms with Crippen molar-refractivity contribution < 1.29 is 14.7 Å². The Morgan fingerprint density at radius 2 is 1.67 bits per heavy atom. The van der Waals surface area contributed by atoms with Gasteiger partial charge in [0.05, 0.1) is 15.6 Å². The number of hydrogen-bond donors (Lipinski definition) is 1. The van der Waals surface area contributed by atoms with E-state index >= 15 is 0 Å². The van der Waals surface area contributed by atoms with E-state index in [0.717, 1.165) is 0 Å². The predicted molar refractivity (Wildman–Crippen MR) is 81.0 cm³/mol. The number of benzene rings is 1. The quantitative estimate of drug-likeness (QED) is 0.923. The largest absolute Gasteiger partial charge is 0.480 e. The van der Waals surface area contributed by atoms with Gasteiger partial charge in [-0.2, -0.15) is 0 Å². The lowest BCUT2D eigenvalue weighted by molar-refractivity contribution is -0.143. The summed E-state index contributed by atoms with van der Waals surface area (Å²) < 4.78 is 0. The van der Waals surface area contributed by atoms with Crippen LogP contribution in [0.2, 0.25) is 10.0 Å². The molecule has 0 saturated carbocycles. The van der Waals surface area contributed by atoms with Crippen LogP contribution in [-0.2, 0) is 4.79 Å². The first-order chi connectivity index (χ1) is 9.91. The van der Waals surface area contributed by atoms with Crippen LogP contribution in [-0.4, -0.2) is 59.0 Å². The van der Waals surface area contributed by atoms with Crippen LogP contribution in [0.3, 0.4) is 0 Å². The van der Waals surface area contributed by atoms with Gasteiger partial charge in [-0.15, -0.1) is 0 Å². The first-order valence-electron chi connectivity index (χ1n) is 6.62. The van der Waals surface area contributed by atoms with E-state index in [2.05, 4.69) is 0 Å². The van der Waals surface area contributed by atoms with Crippen LogP contribution in [0.4, 0.5) is 0 Å². The lowest BCUT2D eigenvalue weighted by atomic mass is 10.1. The maximum absolute atomic E-state index is 12.5. The molecule has 1 amide bonds. The molecule has 0 bridgehead atoms. The number of halogens is 2. The predicted octanol–water partition coefficient (Wildman–Crippen LogP) is 2.22. The number of hydrogen-bond acceptors (Lipinski definition) is 3. The second-order valence-electron chi connectivity index (χ2n) is 4.94. The lowest BCUT2D eigenvalue weighted by Crippen LogP contribution is -2.53. The highest BCUT2D eigenvalue weighted by molar-refractivity contribution is 6.39. The SMILES string of the molecule is CC(C(=O)O)N1CCN(C(=O)c2c(Cl)cccc2Cl)CC1. The smallest absolute Gasteiger partial charge is 0.320 e. The molecule has 1 saturated heterocycles. The monoisotopic (exact) mass is 330 g/mol. The summed E-state index contributed by atoms with van der Waals surface area (Å²) in [6.07, 6.45) is 0. The van der Waals surface area contributed by atoms with E-state index in [1.165, 1.54) is 0 Å². The summed E-state index contributed by atoms with van der Waals surface area (Å²) in [5, 5.41) is 9.66. The zero-order chi connectivity index (χ0) is 15.6. The number of aliphatic carboxylic acids is 1. The molecule has 1 fully saturated rings. The Kier molecular flexibility index (Phi) is 5.08. The highest BCUT2D eigenvalue weighted by Gasteiger charge is 2.29. The van der Waals surface area contributed by atoms with E-state index in [0.29, 0.717) is 41.8 Å². The molecule has 1 heterocycles. The number of carboxylic acid groups (broad SMARTS) is 1. The van der Waals surface area contributed by atoms with Gasteiger partial charge in [0.2, 0.25) is 0 Å². The number of carbonyl (C=O) groups is 2. The molecule has 0 aromatic heterocycles. The molecule has 0 spiro atoms. The molecule has 1 aliphatic rings. The van der Waals surface area contributed by atoms with Crippen molar-refractivity contribution in [3.63, 3.8) is 0 Å². The van der Waals surface area contributed by atoms with Gasteiger partial charge in [-0.3, -0.25) is 14.5 Å². The van der Waals surface area contributed by atoms with Gasteiger partial charge < -0.3 is 10.0 Å². The van der Waals surface area contributed by atoms with Crippen LogP contribution < -0.4 is 0 Å². The second kappa shape index (κ2) is 6.64. The molecule has 1 aliphatic heterocycles. The molecular weight excluding hydrogens is 315 g/mol. The number of amides is 1. The van der Waals surface area contributed by atoms with Crippen molar-refractivity contribution in [3.8, 4) is 0 Å². The number of nitrogens with zero attached hydrogens (tertiary/aromatic N) is 2. The Balaban J connectivity index is 2.06. The van der Waals surface area contributed by atoms with Crippen LogP contribution in [0.15, 0.2) is 18.2 Å². The number of rotatable bonds is 3. The van der Waals surface area contributed by atoms with Crippen molar-refractivity contribution in [1.82, 2.24) is 9.80 Å². The number of piperazine rings is 1. The summed E-state index contributed by atoms with van der Waals surface area (Å²) in [4.78, 5) is 26.9. The van der Waals surface area contributed by atoms with Crippen LogP contribution in [0.25, 0.3) is 0 Å². The van der Waals surface area contributed by atoms with Gasteiger partial charge in [0.25, 0.3) is 5.91 Å². The standard InChI is InChI=1S/C14H16Cl2N2O3/c1-9(14(20)21)17-5-7-18(8-6-17)13(19)12-10(15)3-2-4-11(12)16/h2-4,9H,5-8H2,1H3,(H,20,21). The van der Waals surface area contributed by atoms with Gasteiger partial charge in [-0.1, -0.05) is 29.3 Å². The van der Waals surface area contributed by atoms with Crippen molar-refractivity contribution in [2.45, 2.75) is 13.0 Å². The second-order valence-corrected chi connectivity index (χ2v) is 5.75. The Morgan fingerprint density at radius 3 is 2.14 bits per heavy atom. The maximum atomic E-state index is 12.5. The van der Waals surface area contributed by atoms with Crippen LogP contribution >= 0.6 is 23.2 Å². The van der Waals surface area contributed by atoms with Crippen LogP contribution in [0.1, 0.15) is 17.3 Å². The van der Waals surface area contributed by atoms with E-state index in [4.69, 9.17) is 28.3 Å². The van der Waals surface area contributed by atoms with Gasteiger partial charge >= 0.3 is 5.97 Å². The topological polar surface area (TPSA) is 60.9 Å². The zero-order valence-electron chi connectivity index (χ0n) is 11.6. The molecule has 21 heavy (non-hydrogen) atoms. The van der Waals surface area contributed by atoms with Gasteiger partial charge in [-0.05, 0) is 19.1 Å². The molecule has 1 aromatic carbocycles. The van der Waals surface area contributed by atoms with Crippen molar-refractivity contribution in [2.75, 3.05) is 26.2 Å². The molecule has 5 nitrogen and oxygen atoms in total. The molecule has 0 radical (unpaired) electrons. The summed E-state index contributed by atoms with van der Waals surface area (Å²) in [6, 6.07) is 4.40. The minimum Gasteiger partial charge on any atom is -0.480 e. The molecule has 0 aliphatic carbocycles. The minimum atomic E-state index is -0.857. The lowest BCUT2D eigenvalue weighted by Gasteiger charge is -2.36. The first-order valence-corrected chi connectivity index (χ1v) is 7.37. The van der Waals surface area contributed by atoms with Crippen LogP contribution in [0.5, 0.6) is 0 Å². The van der Waals surface area contributed by atoms with Crippen LogP contribution in [0, 0.1) is 0 Å². The molecule has 1 atom stereocenters. The summed E-state index contributed by atoms with van der Waals surface area (Å²) in [5.41, 5.74) is 0.306. The Morgan fingerprint density at radius 1 is 1.14 bits per heavy atom. The fourth-order valence-corrected chi connectivity index (χ4v) is 2.89. The fourth-order valence-electron chi connectivity index (χ4n) is 2.33. The van der Waals surface area contributed by atoms with Gasteiger partial charge in [0, 0.05) is 26.2 Å². The van der Waals surface area contributed by atoms with Gasteiger partial charge in [-0.25, -0.2) is 0 Å². The van der Waals surface area contributed by atoms with E-state index < -0.39 is 12.0 Å². The van der Waals surface area contributed by atoms with E-state index in [-0.39, 0.29) is 5.91 Å². The van der Waals surface area contributed by atoms with E-state index in [1.807, 2.05) is 4.90 Å². The molecular formula is C14H16Cl2N2O3. The molecule has 2 rings (SSSR count). The van der Waals surface area contributed by atoms with Crippen molar-refractivity contribution in [1.29, 1.82) is 0 Å². The van der Waals surface area contributed by atoms with Gasteiger partial charge in [0.15, 0.2) is 0 Å². The van der Waals surface area contributed by atoms with Crippen molar-refractivity contribution >= 4 is 35.1 Å². The molecule has 7 heteroatoms. The summed E-state index contributed by atoms with van der Waals surface area (Å²) in [5.74, 6) is -1.07. The minimum absolute atomic E-state index is 0.215. The van der Waals surface area contributed by atoms with Crippen molar-refractivity contribution in [2.24, 2.45) is 0 Å². The molecule has 1 aromatic rings. The summed E-state index contributed by atoms with van der Waals surface area (Å²) in [6.45, 7) is 3.59. The molecule has 114 valence electrons. The third kappa shape index (κ3) is 3.48. The normalized spacial score (nSPS) is 17.6. The van der Waals surface area contributed by atoms with E-state index in [1.54, 1.807) is 30.0 Å². The van der Waals surface area contributed by atoms with Gasteiger partial charge in [0.1, 0.15) is 6.04 Å². The zero-order valence-corrected chi connectivity index (χ0v) is 13.1. The van der Waals surface area contributed by atoms with E-state index in [9.17, 15) is 9.59 Å². The first kappa shape index (κ1) is 16.1. The molecule has 1 N–H and O–H groups in total. The highest BCUT2D eigenvalue weighted by atomic mass is 35.5.